The summed E-state index contributed by atoms with van der Waals surface area (Å²) in [6.07, 6.45) is 0.814. The van der Waals surface area contributed by atoms with Crippen LogP contribution in [0.4, 0.5) is 0 Å². The highest BCUT2D eigenvalue weighted by atomic mass is 79.9. The SMILES string of the molecule is CCOC(=O)c1nc(Br)ccc1CC1COC1. The average molecular weight is 300 g/mol. The number of carbonyl (C=O) groups is 1. The lowest BCUT2D eigenvalue weighted by atomic mass is 9.97. The van der Waals surface area contributed by atoms with Crippen LogP contribution in [0.2, 0.25) is 0 Å². The molecular formula is C12H14BrNO3. The van der Waals surface area contributed by atoms with Gasteiger partial charge >= 0.3 is 5.97 Å². The van der Waals surface area contributed by atoms with Crippen LogP contribution >= 0.6 is 15.9 Å². The Balaban J connectivity index is 2.19. The van der Waals surface area contributed by atoms with Gasteiger partial charge in [0.15, 0.2) is 5.69 Å². The van der Waals surface area contributed by atoms with Crippen LogP contribution in [-0.4, -0.2) is 30.8 Å². The van der Waals surface area contributed by atoms with E-state index < -0.39 is 0 Å². The number of pyridine rings is 1. The van der Waals surface area contributed by atoms with Gasteiger partial charge in [-0.15, -0.1) is 0 Å². The van der Waals surface area contributed by atoms with Gasteiger partial charge in [-0.3, -0.25) is 0 Å². The maximum atomic E-state index is 11.8. The summed E-state index contributed by atoms with van der Waals surface area (Å²) in [5, 5.41) is 0. The summed E-state index contributed by atoms with van der Waals surface area (Å²) in [6, 6.07) is 3.76. The van der Waals surface area contributed by atoms with Crippen molar-refractivity contribution in [2.45, 2.75) is 13.3 Å². The molecule has 4 nitrogen and oxygen atoms in total. The number of nitrogens with zero attached hydrogens (tertiary/aromatic N) is 1. The standard InChI is InChI=1S/C12H14BrNO3/c1-2-17-12(15)11-9(3-4-10(13)14-11)5-8-6-16-7-8/h3-4,8H,2,5-7H2,1H3. The molecule has 0 aliphatic carbocycles. The third-order valence-corrected chi connectivity index (χ3v) is 3.07. The molecule has 0 radical (unpaired) electrons. The number of aromatic nitrogens is 1. The van der Waals surface area contributed by atoms with E-state index in [-0.39, 0.29) is 5.97 Å². The van der Waals surface area contributed by atoms with Gasteiger partial charge in [0.25, 0.3) is 0 Å². The molecule has 0 aromatic carbocycles. The van der Waals surface area contributed by atoms with Gasteiger partial charge < -0.3 is 9.47 Å². The van der Waals surface area contributed by atoms with E-state index in [1.807, 2.05) is 12.1 Å². The molecule has 92 valence electrons. The minimum absolute atomic E-state index is 0.357. The molecule has 2 heterocycles. The number of carbonyl (C=O) groups excluding carboxylic acids is 1. The Bertz CT molecular complexity index is 418. The van der Waals surface area contributed by atoms with Crippen molar-refractivity contribution in [3.8, 4) is 0 Å². The summed E-state index contributed by atoms with van der Waals surface area (Å²) >= 11 is 3.27. The highest BCUT2D eigenvalue weighted by molar-refractivity contribution is 9.10. The molecule has 0 unspecified atom stereocenters. The van der Waals surface area contributed by atoms with Crippen LogP contribution in [0.1, 0.15) is 23.0 Å². The molecule has 1 aliphatic heterocycles. The summed E-state index contributed by atoms with van der Waals surface area (Å²) in [5.74, 6) is 0.134. The van der Waals surface area contributed by atoms with Gasteiger partial charge in [0.05, 0.1) is 19.8 Å². The summed E-state index contributed by atoms with van der Waals surface area (Å²) in [4.78, 5) is 16.0. The van der Waals surface area contributed by atoms with Crippen LogP contribution in [0.25, 0.3) is 0 Å². The molecule has 5 heteroatoms. The van der Waals surface area contributed by atoms with Crippen LogP contribution < -0.4 is 0 Å². The second-order valence-corrected chi connectivity index (χ2v) is 4.78. The van der Waals surface area contributed by atoms with Crippen molar-refractivity contribution in [3.05, 3.63) is 28.0 Å². The highest BCUT2D eigenvalue weighted by Crippen LogP contribution is 2.21. The van der Waals surface area contributed by atoms with Gasteiger partial charge in [-0.05, 0) is 40.9 Å². The molecule has 2 rings (SSSR count). The van der Waals surface area contributed by atoms with Crippen LogP contribution in [-0.2, 0) is 15.9 Å². The smallest absolute Gasteiger partial charge is 0.357 e. The van der Waals surface area contributed by atoms with Crippen molar-refractivity contribution in [3.63, 3.8) is 0 Å². The molecule has 0 amide bonds. The lowest BCUT2D eigenvalue weighted by Crippen LogP contribution is -2.30. The zero-order chi connectivity index (χ0) is 12.3. The van der Waals surface area contributed by atoms with Gasteiger partial charge in [-0.1, -0.05) is 6.07 Å². The van der Waals surface area contributed by atoms with E-state index in [2.05, 4.69) is 20.9 Å². The predicted molar refractivity (Wildman–Crippen MR) is 65.9 cm³/mol. The Hall–Kier alpha value is -0.940. The van der Waals surface area contributed by atoms with E-state index in [9.17, 15) is 4.79 Å². The van der Waals surface area contributed by atoms with Crippen LogP contribution in [0.15, 0.2) is 16.7 Å². The predicted octanol–water partition coefficient (Wildman–Crippen LogP) is 2.21. The number of halogens is 1. The van der Waals surface area contributed by atoms with Crippen LogP contribution in [0.3, 0.4) is 0 Å². The molecule has 1 aromatic rings. The van der Waals surface area contributed by atoms with Crippen molar-refractivity contribution in [1.29, 1.82) is 0 Å². The second kappa shape index (κ2) is 5.60. The van der Waals surface area contributed by atoms with Gasteiger partial charge in [0.1, 0.15) is 4.60 Å². The zero-order valence-corrected chi connectivity index (χ0v) is 11.2. The van der Waals surface area contributed by atoms with Crippen LogP contribution in [0.5, 0.6) is 0 Å². The fourth-order valence-corrected chi connectivity index (χ4v) is 2.03. The van der Waals surface area contributed by atoms with Crippen molar-refractivity contribution in [1.82, 2.24) is 4.98 Å². The van der Waals surface area contributed by atoms with Gasteiger partial charge in [-0.2, -0.15) is 0 Å². The molecule has 1 aromatic heterocycles. The van der Waals surface area contributed by atoms with E-state index in [1.165, 1.54) is 0 Å². The van der Waals surface area contributed by atoms with Gasteiger partial charge in [0.2, 0.25) is 0 Å². The number of hydrogen-bond donors (Lipinski definition) is 0. The first-order valence-electron chi connectivity index (χ1n) is 5.61. The topological polar surface area (TPSA) is 48.4 Å². The molecule has 1 fully saturated rings. The minimum atomic E-state index is -0.357. The molecule has 1 saturated heterocycles. The van der Waals surface area contributed by atoms with E-state index in [1.54, 1.807) is 6.92 Å². The van der Waals surface area contributed by atoms with Crippen molar-refractivity contribution < 1.29 is 14.3 Å². The Morgan fingerprint density at radius 2 is 2.35 bits per heavy atom. The van der Waals surface area contributed by atoms with Gasteiger partial charge in [0, 0.05) is 5.92 Å². The number of hydrogen-bond acceptors (Lipinski definition) is 4. The summed E-state index contributed by atoms with van der Waals surface area (Å²) in [7, 11) is 0. The number of ether oxygens (including phenoxy) is 2. The van der Waals surface area contributed by atoms with Crippen LogP contribution in [0, 0.1) is 5.92 Å². The molecule has 17 heavy (non-hydrogen) atoms. The zero-order valence-electron chi connectivity index (χ0n) is 9.61. The maximum Gasteiger partial charge on any atom is 0.357 e. The summed E-state index contributed by atoms with van der Waals surface area (Å²) in [5.41, 5.74) is 1.34. The molecule has 0 N–H and O–H groups in total. The van der Waals surface area contributed by atoms with Crippen molar-refractivity contribution in [2.75, 3.05) is 19.8 Å². The van der Waals surface area contributed by atoms with Crippen molar-refractivity contribution in [2.24, 2.45) is 5.92 Å². The van der Waals surface area contributed by atoms with Gasteiger partial charge in [-0.25, -0.2) is 9.78 Å². The normalized spacial score (nSPS) is 15.4. The fourth-order valence-electron chi connectivity index (χ4n) is 1.72. The summed E-state index contributed by atoms with van der Waals surface area (Å²) in [6.45, 7) is 3.67. The van der Waals surface area contributed by atoms with E-state index >= 15 is 0 Å². The molecule has 0 bridgehead atoms. The molecule has 0 saturated carbocycles. The minimum Gasteiger partial charge on any atom is -0.461 e. The largest absolute Gasteiger partial charge is 0.461 e. The maximum absolute atomic E-state index is 11.8. The van der Waals surface area contributed by atoms with E-state index in [4.69, 9.17) is 9.47 Å². The first-order valence-corrected chi connectivity index (χ1v) is 6.40. The molecule has 0 atom stereocenters. The monoisotopic (exact) mass is 299 g/mol. The first-order chi connectivity index (χ1) is 8.20. The Labute approximate surface area is 108 Å². The third-order valence-electron chi connectivity index (χ3n) is 2.63. The molecule has 0 spiro atoms. The third kappa shape index (κ3) is 3.04. The number of rotatable bonds is 4. The highest BCUT2D eigenvalue weighted by Gasteiger charge is 2.23. The van der Waals surface area contributed by atoms with Crippen molar-refractivity contribution >= 4 is 21.9 Å². The lowest BCUT2D eigenvalue weighted by molar-refractivity contribution is -0.0314. The Kier molecular flexibility index (Phi) is 4.12. The quantitative estimate of drug-likeness (QED) is 0.632. The average Bonchev–Trinajstić information content (AvgIpc) is 2.25. The molecule has 1 aliphatic rings. The second-order valence-electron chi connectivity index (χ2n) is 3.97. The van der Waals surface area contributed by atoms with E-state index in [0.29, 0.717) is 22.8 Å². The fraction of sp³-hybridized carbons (Fsp3) is 0.500. The lowest BCUT2D eigenvalue weighted by Gasteiger charge is -2.26. The van der Waals surface area contributed by atoms with E-state index in [0.717, 1.165) is 25.2 Å². The Morgan fingerprint density at radius 3 is 2.94 bits per heavy atom. The summed E-state index contributed by atoms with van der Waals surface area (Å²) < 4.78 is 10.8. The molecular weight excluding hydrogens is 286 g/mol. The first kappa shape index (κ1) is 12.5. The number of esters is 1. The Morgan fingerprint density at radius 1 is 1.59 bits per heavy atom.